The number of aromatic nitrogens is 2. The number of guanidine groups is 1. The summed E-state index contributed by atoms with van der Waals surface area (Å²) in [5, 5.41) is 10.4. The number of nitrogens with zero attached hydrogens (tertiary/aromatic N) is 4. The molecule has 0 radical (unpaired) electrons. The fourth-order valence-electron chi connectivity index (χ4n) is 2.78. The van der Waals surface area contributed by atoms with E-state index in [1.807, 2.05) is 0 Å². The van der Waals surface area contributed by atoms with Crippen molar-refractivity contribution in [3.05, 3.63) is 11.7 Å². The third-order valence-corrected chi connectivity index (χ3v) is 4.06. The second kappa shape index (κ2) is 10.8. The van der Waals surface area contributed by atoms with Crippen LogP contribution in [0.3, 0.4) is 0 Å². The van der Waals surface area contributed by atoms with Crippen molar-refractivity contribution < 1.29 is 4.52 Å². The molecule has 0 bridgehead atoms. The van der Waals surface area contributed by atoms with Crippen molar-refractivity contribution in [2.45, 2.75) is 52.1 Å². The van der Waals surface area contributed by atoms with Crippen LogP contribution in [0.25, 0.3) is 0 Å². The van der Waals surface area contributed by atoms with Crippen LogP contribution in [0.4, 0.5) is 0 Å². The predicted octanol–water partition coefficient (Wildman–Crippen LogP) is 1.93. The molecule has 1 atom stereocenters. The van der Waals surface area contributed by atoms with Crippen molar-refractivity contribution in [1.82, 2.24) is 25.7 Å². The topological polar surface area (TPSA) is 78.6 Å². The van der Waals surface area contributed by atoms with E-state index in [2.05, 4.69) is 37.6 Å². The lowest BCUT2D eigenvalue weighted by Crippen LogP contribution is -2.41. The zero-order valence-electron chi connectivity index (χ0n) is 14.3. The molecule has 0 aliphatic carbocycles. The van der Waals surface area contributed by atoms with Crippen LogP contribution in [0.5, 0.6) is 0 Å². The standard InChI is InChI=1S/C15H28N6O.HI/c1-12-7-4-5-9-21(12)10-6-8-17-15(16-3)18-11-14-19-13(2)22-20-14;/h12H,4-11H2,1-3H3,(H2,16,17,18);1H. The molecule has 1 aliphatic heterocycles. The normalized spacial score (nSPS) is 19.3. The van der Waals surface area contributed by atoms with E-state index < -0.39 is 0 Å². The number of nitrogens with one attached hydrogen (secondary N) is 2. The number of aliphatic imine (C=N–C) groups is 1. The van der Waals surface area contributed by atoms with Gasteiger partial charge in [-0.3, -0.25) is 4.99 Å². The Morgan fingerprint density at radius 3 is 2.87 bits per heavy atom. The van der Waals surface area contributed by atoms with Gasteiger partial charge in [0.25, 0.3) is 0 Å². The average Bonchev–Trinajstić information content (AvgIpc) is 2.94. The minimum atomic E-state index is 0. The Hall–Kier alpha value is -0.900. The van der Waals surface area contributed by atoms with Crippen LogP contribution in [0.2, 0.25) is 0 Å². The summed E-state index contributed by atoms with van der Waals surface area (Å²) in [6, 6.07) is 0.729. The van der Waals surface area contributed by atoms with Crippen molar-refractivity contribution in [2.75, 3.05) is 26.7 Å². The van der Waals surface area contributed by atoms with Crippen molar-refractivity contribution >= 4 is 29.9 Å². The lowest BCUT2D eigenvalue weighted by molar-refractivity contribution is 0.159. The molecule has 1 fully saturated rings. The lowest BCUT2D eigenvalue weighted by atomic mass is 10.0. The first-order valence-corrected chi connectivity index (χ1v) is 8.17. The van der Waals surface area contributed by atoms with E-state index >= 15 is 0 Å². The van der Waals surface area contributed by atoms with E-state index in [0.717, 1.165) is 31.5 Å². The largest absolute Gasteiger partial charge is 0.356 e. The van der Waals surface area contributed by atoms with Gasteiger partial charge in [0.05, 0.1) is 6.54 Å². The number of hydrogen-bond donors (Lipinski definition) is 2. The van der Waals surface area contributed by atoms with Crippen LogP contribution >= 0.6 is 24.0 Å². The Labute approximate surface area is 155 Å². The van der Waals surface area contributed by atoms with E-state index in [0.29, 0.717) is 18.3 Å². The van der Waals surface area contributed by atoms with Gasteiger partial charge in [0.1, 0.15) is 0 Å². The molecular formula is C15H29IN6O. The molecule has 0 aromatic carbocycles. The number of aryl methyl sites for hydroxylation is 1. The summed E-state index contributed by atoms with van der Waals surface area (Å²) in [6.07, 6.45) is 5.17. The monoisotopic (exact) mass is 436 g/mol. The van der Waals surface area contributed by atoms with Crippen LogP contribution in [-0.4, -0.2) is 53.7 Å². The maximum Gasteiger partial charge on any atom is 0.223 e. The zero-order valence-corrected chi connectivity index (χ0v) is 16.7. The molecule has 2 heterocycles. The molecule has 2 N–H and O–H groups in total. The molecule has 132 valence electrons. The van der Waals surface area contributed by atoms with Gasteiger partial charge in [-0.15, -0.1) is 24.0 Å². The fraction of sp³-hybridized carbons (Fsp3) is 0.800. The highest BCUT2D eigenvalue weighted by Crippen LogP contribution is 2.15. The van der Waals surface area contributed by atoms with Gasteiger partial charge in [-0.05, 0) is 32.7 Å². The van der Waals surface area contributed by atoms with E-state index in [1.165, 1.54) is 25.8 Å². The van der Waals surface area contributed by atoms with Gasteiger partial charge in [-0.2, -0.15) is 4.98 Å². The van der Waals surface area contributed by atoms with Gasteiger partial charge in [0, 0.05) is 33.1 Å². The predicted molar refractivity (Wildman–Crippen MR) is 102 cm³/mol. The molecule has 7 nitrogen and oxygen atoms in total. The Morgan fingerprint density at radius 1 is 1.39 bits per heavy atom. The summed E-state index contributed by atoms with van der Waals surface area (Å²) in [5.41, 5.74) is 0. The smallest absolute Gasteiger partial charge is 0.223 e. The first-order chi connectivity index (χ1) is 10.7. The number of hydrogen-bond acceptors (Lipinski definition) is 5. The van der Waals surface area contributed by atoms with Crippen molar-refractivity contribution in [3.63, 3.8) is 0 Å². The molecule has 2 rings (SSSR count). The minimum Gasteiger partial charge on any atom is -0.356 e. The molecule has 1 aliphatic rings. The summed E-state index contributed by atoms with van der Waals surface area (Å²) >= 11 is 0. The first kappa shape index (κ1) is 20.1. The minimum absolute atomic E-state index is 0. The molecule has 0 saturated carbocycles. The second-order valence-electron chi connectivity index (χ2n) is 5.82. The molecule has 0 amide bonds. The van der Waals surface area contributed by atoms with Crippen LogP contribution in [0, 0.1) is 6.92 Å². The van der Waals surface area contributed by atoms with Gasteiger partial charge < -0.3 is 20.1 Å². The van der Waals surface area contributed by atoms with E-state index in [4.69, 9.17) is 4.52 Å². The Morgan fingerprint density at radius 2 is 2.22 bits per heavy atom. The SMILES string of the molecule is CN=C(NCCCN1CCCCC1C)NCc1noc(C)n1.I. The fourth-order valence-corrected chi connectivity index (χ4v) is 2.78. The highest BCUT2D eigenvalue weighted by molar-refractivity contribution is 14.0. The third-order valence-electron chi connectivity index (χ3n) is 4.06. The third kappa shape index (κ3) is 7.03. The Kier molecular flexibility index (Phi) is 9.46. The van der Waals surface area contributed by atoms with Crippen molar-refractivity contribution in [3.8, 4) is 0 Å². The number of halogens is 1. The highest BCUT2D eigenvalue weighted by atomic mass is 127. The molecule has 0 spiro atoms. The van der Waals surface area contributed by atoms with Gasteiger partial charge >= 0.3 is 0 Å². The van der Waals surface area contributed by atoms with Crippen LogP contribution in [-0.2, 0) is 6.54 Å². The highest BCUT2D eigenvalue weighted by Gasteiger charge is 2.17. The maximum atomic E-state index is 4.94. The maximum absolute atomic E-state index is 4.94. The molecule has 1 aromatic rings. The molecule has 1 unspecified atom stereocenters. The number of piperidine rings is 1. The zero-order chi connectivity index (χ0) is 15.8. The summed E-state index contributed by atoms with van der Waals surface area (Å²) in [7, 11) is 1.77. The molecule has 1 aromatic heterocycles. The van der Waals surface area contributed by atoms with Gasteiger partial charge in [0.15, 0.2) is 11.8 Å². The van der Waals surface area contributed by atoms with Crippen molar-refractivity contribution in [1.29, 1.82) is 0 Å². The second-order valence-corrected chi connectivity index (χ2v) is 5.82. The van der Waals surface area contributed by atoms with Gasteiger partial charge in [-0.1, -0.05) is 11.6 Å². The Bertz CT molecular complexity index is 478. The lowest BCUT2D eigenvalue weighted by Gasteiger charge is -2.33. The quantitative estimate of drug-likeness (QED) is 0.307. The van der Waals surface area contributed by atoms with E-state index in [-0.39, 0.29) is 24.0 Å². The van der Waals surface area contributed by atoms with Crippen LogP contribution < -0.4 is 10.6 Å². The molecule has 8 heteroatoms. The summed E-state index contributed by atoms with van der Waals surface area (Å²) < 4.78 is 4.94. The molecular weight excluding hydrogens is 407 g/mol. The first-order valence-electron chi connectivity index (χ1n) is 8.17. The summed E-state index contributed by atoms with van der Waals surface area (Å²) in [5.74, 6) is 1.99. The summed E-state index contributed by atoms with van der Waals surface area (Å²) in [4.78, 5) is 10.9. The molecule has 1 saturated heterocycles. The van der Waals surface area contributed by atoms with Gasteiger partial charge in [-0.25, -0.2) is 0 Å². The van der Waals surface area contributed by atoms with Crippen molar-refractivity contribution in [2.24, 2.45) is 4.99 Å². The van der Waals surface area contributed by atoms with Crippen LogP contribution in [0.15, 0.2) is 9.52 Å². The van der Waals surface area contributed by atoms with E-state index in [9.17, 15) is 0 Å². The van der Waals surface area contributed by atoms with E-state index in [1.54, 1.807) is 14.0 Å². The van der Waals surface area contributed by atoms with Gasteiger partial charge in [0.2, 0.25) is 5.89 Å². The molecule has 23 heavy (non-hydrogen) atoms. The summed E-state index contributed by atoms with van der Waals surface area (Å²) in [6.45, 7) is 7.93. The number of likely N-dealkylation sites (tertiary alicyclic amines) is 1. The van der Waals surface area contributed by atoms with Crippen LogP contribution in [0.1, 0.15) is 44.3 Å². The Balaban J connectivity index is 0.00000264. The number of rotatable bonds is 6. The average molecular weight is 436 g/mol.